The molecule has 6 nitrogen and oxygen atoms in total. The van der Waals surface area contributed by atoms with Gasteiger partial charge in [0.05, 0.1) is 12.4 Å². The third-order valence-electron chi connectivity index (χ3n) is 1.65. The van der Waals surface area contributed by atoms with E-state index in [9.17, 15) is 9.00 Å². The van der Waals surface area contributed by atoms with Gasteiger partial charge in [-0.25, -0.2) is 0 Å². The highest BCUT2D eigenvalue weighted by Crippen LogP contribution is 1.93. The summed E-state index contributed by atoms with van der Waals surface area (Å²) in [5.41, 5.74) is 10.6. The number of carbonyl (C=O) groups is 1. The first-order chi connectivity index (χ1) is 6.93. The maximum atomic E-state index is 11.3. The number of amidine groups is 1. The summed E-state index contributed by atoms with van der Waals surface area (Å²) in [7, 11) is -1.08. The molecule has 0 fully saturated rings. The summed E-state index contributed by atoms with van der Waals surface area (Å²) >= 11 is 0. The van der Waals surface area contributed by atoms with Gasteiger partial charge in [-0.05, 0) is 13.3 Å². The highest BCUT2D eigenvalue weighted by molar-refractivity contribution is 7.85. The van der Waals surface area contributed by atoms with Gasteiger partial charge < -0.3 is 16.6 Å². The first kappa shape index (κ1) is 14.1. The van der Waals surface area contributed by atoms with Crippen LogP contribution >= 0.6 is 0 Å². The molecule has 0 heterocycles. The fourth-order valence-electron chi connectivity index (χ4n) is 0.808. The molecule has 0 aliphatic heterocycles. The predicted molar refractivity (Wildman–Crippen MR) is 60.3 cm³/mol. The predicted octanol–water partition coefficient (Wildman–Crippen LogP) is -1.09. The van der Waals surface area contributed by atoms with Gasteiger partial charge in [0, 0.05) is 22.3 Å². The maximum absolute atomic E-state index is 11.3. The summed E-state index contributed by atoms with van der Waals surface area (Å²) in [6.45, 7) is 2.06. The first-order valence-electron chi connectivity index (χ1n) is 4.53. The fraction of sp³-hybridized carbons (Fsp3) is 0.750. The van der Waals surface area contributed by atoms with E-state index in [0.29, 0.717) is 18.1 Å². The van der Waals surface area contributed by atoms with Crippen LogP contribution in [0.1, 0.15) is 13.3 Å². The van der Waals surface area contributed by atoms with Gasteiger partial charge in [0.2, 0.25) is 0 Å². The molecule has 0 bridgehead atoms. The van der Waals surface area contributed by atoms with Crippen LogP contribution in [0.3, 0.4) is 0 Å². The lowest BCUT2D eigenvalue weighted by molar-refractivity contribution is -0.138. The van der Waals surface area contributed by atoms with Crippen LogP contribution in [0.5, 0.6) is 0 Å². The van der Waals surface area contributed by atoms with Gasteiger partial charge >= 0.3 is 5.97 Å². The van der Waals surface area contributed by atoms with E-state index in [0.717, 1.165) is 0 Å². The van der Waals surface area contributed by atoms with Crippen LogP contribution in [-0.4, -0.2) is 45.2 Å². The van der Waals surface area contributed by atoms with Crippen molar-refractivity contribution in [1.29, 1.82) is 0 Å². The van der Waals surface area contributed by atoms with E-state index in [4.69, 9.17) is 16.6 Å². The normalized spacial score (nSPS) is 16.0. The van der Waals surface area contributed by atoms with Crippen molar-refractivity contribution in [1.82, 2.24) is 0 Å². The van der Waals surface area contributed by atoms with Gasteiger partial charge in [0.1, 0.15) is 6.04 Å². The van der Waals surface area contributed by atoms with Crippen molar-refractivity contribution in [2.75, 3.05) is 18.1 Å². The lowest BCUT2D eigenvalue weighted by atomic mass is 10.2. The average molecular weight is 235 g/mol. The van der Waals surface area contributed by atoms with Gasteiger partial charge in [0.15, 0.2) is 0 Å². The number of rotatable bonds is 7. The van der Waals surface area contributed by atoms with Crippen LogP contribution in [0.2, 0.25) is 0 Å². The molecule has 0 aromatic heterocycles. The summed E-state index contributed by atoms with van der Waals surface area (Å²) in [4.78, 5) is 14.2. The molecule has 88 valence electrons. The molecule has 0 aliphatic carbocycles. The van der Waals surface area contributed by atoms with E-state index in [1.54, 1.807) is 6.92 Å². The first-order valence-corrected chi connectivity index (χ1v) is 6.02. The van der Waals surface area contributed by atoms with Gasteiger partial charge in [-0.15, -0.1) is 0 Å². The maximum Gasteiger partial charge on any atom is 0.320 e. The molecule has 2 atom stereocenters. The number of nitrogens with two attached hydrogens (primary N) is 2. The van der Waals surface area contributed by atoms with Crippen LogP contribution in [0.15, 0.2) is 4.99 Å². The quantitative estimate of drug-likeness (QED) is 0.383. The molecule has 0 saturated carbocycles. The molecule has 0 aliphatic rings. The molecule has 5 N–H and O–H groups in total. The lowest BCUT2D eigenvalue weighted by Gasteiger charge is -2.05. The van der Waals surface area contributed by atoms with E-state index in [1.165, 1.54) is 0 Å². The number of hydrogen-bond donors (Lipinski definition) is 3. The summed E-state index contributed by atoms with van der Waals surface area (Å²) < 4.78 is 11.3. The number of nitrogens with zero attached hydrogens (tertiary/aromatic N) is 1. The highest BCUT2D eigenvalue weighted by Gasteiger charge is 2.12. The second-order valence-corrected chi connectivity index (χ2v) is 4.80. The number of carboxylic acid groups (broad SMARTS) is 1. The monoisotopic (exact) mass is 235 g/mol. The molecular weight excluding hydrogens is 218 g/mol. The summed E-state index contributed by atoms with van der Waals surface area (Å²) in [5, 5.41) is 8.48. The Balaban J connectivity index is 3.67. The minimum Gasteiger partial charge on any atom is -0.480 e. The van der Waals surface area contributed by atoms with Crippen molar-refractivity contribution in [3.05, 3.63) is 0 Å². The summed E-state index contributed by atoms with van der Waals surface area (Å²) in [6.07, 6.45) is 0.216. The molecule has 0 aromatic carbocycles. The number of hydrogen-bond acceptors (Lipinski definition) is 4. The van der Waals surface area contributed by atoms with Crippen LogP contribution in [0, 0.1) is 0 Å². The largest absolute Gasteiger partial charge is 0.480 e. The van der Waals surface area contributed by atoms with E-state index >= 15 is 0 Å². The molecule has 0 amide bonds. The molecule has 0 aromatic rings. The zero-order valence-electron chi connectivity index (χ0n) is 8.68. The van der Waals surface area contributed by atoms with Gasteiger partial charge in [0.25, 0.3) is 0 Å². The summed E-state index contributed by atoms with van der Waals surface area (Å²) in [5.74, 6) is 0.0603. The molecule has 7 heteroatoms. The number of carboxylic acids is 1. The lowest BCUT2D eigenvalue weighted by Crippen LogP contribution is -2.31. The molecule has 15 heavy (non-hydrogen) atoms. The molecule has 0 rings (SSSR count). The molecule has 1 unspecified atom stereocenters. The second-order valence-electron chi connectivity index (χ2n) is 3.10. The smallest absolute Gasteiger partial charge is 0.320 e. The van der Waals surface area contributed by atoms with Crippen LogP contribution in [0.25, 0.3) is 0 Å². The minimum atomic E-state index is -1.08. The van der Waals surface area contributed by atoms with Crippen LogP contribution < -0.4 is 11.5 Å². The second kappa shape index (κ2) is 7.36. The standard InChI is InChI=1S/C8H17N3O3S/c1-6(9)11-3-5-15(14)4-2-7(10)8(12)13/h7H,2-5,10H2,1H3,(H2,9,11)(H,12,13)/t7-,15?/m0/s1. The Bertz CT molecular complexity index is 264. The Kier molecular flexibility index (Phi) is 6.89. The van der Waals surface area contributed by atoms with E-state index in [2.05, 4.69) is 4.99 Å². The minimum absolute atomic E-state index is 0.216. The van der Waals surface area contributed by atoms with Crippen LogP contribution in [0.4, 0.5) is 0 Å². The Morgan fingerprint density at radius 1 is 1.53 bits per heavy atom. The molecule has 0 spiro atoms. The van der Waals surface area contributed by atoms with E-state index in [1.807, 2.05) is 0 Å². The Labute approximate surface area is 91.2 Å². The Morgan fingerprint density at radius 3 is 2.60 bits per heavy atom. The topological polar surface area (TPSA) is 119 Å². The third kappa shape index (κ3) is 8.07. The van der Waals surface area contributed by atoms with Gasteiger partial charge in [-0.1, -0.05) is 0 Å². The molecule has 0 radical (unpaired) electrons. The number of aliphatic imine (C=N–C) groups is 1. The van der Waals surface area contributed by atoms with Crippen molar-refractivity contribution in [3.63, 3.8) is 0 Å². The zero-order valence-corrected chi connectivity index (χ0v) is 9.50. The van der Waals surface area contributed by atoms with Crippen molar-refractivity contribution in [2.24, 2.45) is 16.5 Å². The number of aliphatic carboxylic acids is 1. The van der Waals surface area contributed by atoms with Crippen molar-refractivity contribution < 1.29 is 14.1 Å². The SMILES string of the molecule is CC(N)=NCCS(=O)CC[C@H](N)C(=O)O. The average Bonchev–Trinajstić information content (AvgIpc) is 2.13. The zero-order chi connectivity index (χ0) is 11.8. The van der Waals surface area contributed by atoms with E-state index < -0.39 is 22.8 Å². The van der Waals surface area contributed by atoms with Gasteiger partial charge in [-0.3, -0.25) is 14.0 Å². The van der Waals surface area contributed by atoms with Crippen molar-refractivity contribution >= 4 is 22.6 Å². The molecule has 0 saturated heterocycles. The summed E-state index contributed by atoms with van der Waals surface area (Å²) in [6, 6.07) is -0.936. The Morgan fingerprint density at radius 2 is 2.13 bits per heavy atom. The molecular formula is C8H17N3O3S. The van der Waals surface area contributed by atoms with Crippen LogP contribution in [-0.2, 0) is 15.6 Å². The fourth-order valence-corrected chi connectivity index (χ4v) is 1.82. The van der Waals surface area contributed by atoms with Crippen molar-refractivity contribution in [2.45, 2.75) is 19.4 Å². The van der Waals surface area contributed by atoms with Crippen molar-refractivity contribution in [3.8, 4) is 0 Å². The third-order valence-corrected chi connectivity index (χ3v) is 2.98. The van der Waals surface area contributed by atoms with Gasteiger partial charge in [-0.2, -0.15) is 0 Å². The Hall–Kier alpha value is -0.950. The highest BCUT2D eigenvalue weighted by atomic mass is 32.2. The van der Waals surface area contributed by atoms with E-state index in [-0.39, 0.29) is 12.2 Å².